The van der Waals surface area contributed by atoms with Gasteiger partial charge in [-0.15, -0.1) is 0 Å². The molecule has 3 rings (SSSR count). The normalized spacial score (nSPS) is 16.3. The van der Waals surface area contributed by atoms with Crippen LogP contribution in [-0.4, -0.2) is 30.4 Å². The van der Waals surface area contributed by atoms with Crippen LogP contribution in [0.3, 0.4) is 0 Å². The summed E-state index contributed by atoms with van der Waals surface area (Å²) in [7, 11) is 1.54. The van der Waals surface area contributed by atoms with Crippen LogP contribution in [0.25, 0.3) is 0 Å². The number of benzene rings is 2. The van der Waals surface area contributed by atoms with Crippen molar-refractivity contribution in [2.24, 2.45) is 5.92 Å². The van der Waals surface area contributed by atoms with Crippen molar-refractivity contribution in [1.82, 2.24) is 0 Å². The molecule has 1 N–H and O–H groups in total. The molecule has 2 aromatic rings. The largest absolute Gasteiger partial charge is 0.497 e. The zero-order valence-electron chi connectivity index (χ0n) is 15.0. The van der Waals surface area contributed by atoms with Gasteiger partial charge in [-0.1, -0.05) is 12.1 Å². The van der Waals surface area contributed by atoms with E-state index in [1.54, 1.807) is 43.3 Å². The molecule has 0 aliphatic carbocycles. The van der Waals surface area contributed by atoms with Crippen molar-refractivity contribution in [3.63, 3.8) is 0 Å². The lowest BCUT2D eigenvalue weighted by Crippen LogP contribution is -2.28. The Morgan fingerprint density at radius 3 is 2.78 bits per heavy atom. The van der Waals surface area contributed by atoms with E-state index in [0.717, 1.165) is 0 Å². The molecule has 0 spiro atoms. The number of nitrogens with zero attached hydrogens (tertiary/aromatic N) is 2. The fourth-order valence-electron chi connectivity index (χ4n) is 3.04. The fourth-order valence-corrected chi connectivity index (χ4v) is 3.04. The number of hydrogen-bond donors (Lipinski definition) is 1. The third-order valence-electron chi connectivity index (χ3n) is 4.53. The molecule has 1 aliphatic rings. The first-order valence-electron chi connectivity index (χ1n) is 8.39. The summed E-state index contributed by atoms with van der Waals surface area (Å²) in [6.07, 6.45) is 0.0531. The van der Waals surface area contributed by atoms with Gasteiger partial charge in [0.05, 0.1) is 23.6 Å². The molecule has 2 aromatic carbocycles. The van der Waals surface area contributed by atoms with Crippen LogP contribution < -0.4 is 15.0 Å². The molecular formula is C19H19N3O5. The highest BCUT2D eigenvalue weighted by Gasteiger charge is 2.35. The molecule has 0 radical (unpaired) electrons. The van der Waals surface area contributed by atoms with Gasteiger partial charge in [0.15, 0.2) is 0 Å². The van der Waals surface area contributed by atoms with Crippen LogP contribution in [0.15, 0.2) is 42.5 Å². The Hall–Kier alpha value is -3.42. The van der Waals surface area contributed by atoms with E-state index in [4.69, 9.17) is 4.74 Å². The number of nitro benzene ring substituents is 1. The van der Waals surface area contributed by atoms with Gasteiger partial charge in [-0.3, -0.25) is 19.7 Å². The number of rotatable bonds is 5. The lowest BCUT2D eigenvalue weighted by atomic mass is 10.1. The van der Waals surface area contributed by atoms with E-state index in [1.807, 2.05) is 0 Å². The third-order valence-corrected chi connectivity index (χ3v) is 4.53. The van der Waals surface area contributed by atoms with Gasteiger partial charge in [-0.25, -0.2) is 0 Å². The lowest BCUT2D eigenvalue weighted by Gasteiger charge is -2.17. The van der Waals surface area contributed by atoms with Gasteiger partial charge in [0.25, 0.3) is 5.69 Å². The molecule has 27 heavy (non-hydrogen) atoms. The standard InChI is InChI=1S/C19H19N3O5/c1-12-6-7-15(10-17(12)22(25)26)21-11-13(8-18(21)23)19(24)20-14-4-3-5-16(9-14)27-2/h3-7,9-10,13H,8,11H2,1-2H3,(H,20,24)/t13-/m0/s1. The summed E-state index contributed by atoms with van der Waals surface area (Å²) in [5.41, 5.74) is 1.47. The molecule has 1 aliphatic heterocycles. The van der Waals surface area contributed by atoms with Crippen molar-refractivity contribution < 1.29 is 19.2 Å². The number of anilines is 2. The second-order valence-corrected chi connectivity index (χ2v) is 6.35. The van der Waals surface area contributed by atoms with E-state index in [9.17, 15) is 19.7 Å². The maximum Gasteiger partial charge on any atom is 0.274 e. The molecule has 8 nitrogen and oxygen atoms in total. The summed E-state index contributed by atoms with van der Waals surface area (Å²) < 4.78 is 5.13. The minimum atomic E-state index is -0.538. The molecule has 1 atom stereocenters. The molecule has 1 saturated heterocycles. The second-order valence-electron chi connectivity index (χ2n) is 6.35. The molecule has 0 aromatic heterocycles. The minimum Gasteiger partial charge on any atom is -0.497 e. The number of amides is 2. The van der Waals surface area contributed by atoms with Crippen molar-refractivity contribution in [2.45, 2.75) is 13.3 Å². The average Bonchev–Trinajstić information content (AvgIpc) is 3.04. The average molecular weight is 369 g/mol. The Balaban J connectivity index is 1.74. The Bertz CT molecular complexity index is 912. The van der Waals surface area contributed by atoms with Crippen molar-refractivity contribution in [3.05, 3.63) is 58.1 Å². The Morgan fingerprint density at radius 1 is 1.30 bits per heavy atom. The number of methoxy groups -OCH3 is 1. The predicted molar refractivity (Wildman–Crippen MR) is 99.9 cm³/mol. The second kappa shape index (κ2) is 7.45. The van der Waals surface area contributed by atoms with Gasteiger partial charge in [-0.2, -0.15) is 0 Å². The topological polar surface area (TPSA) is 102 Å². The number of nitro groups is 1. The maximum atomic E-state index is 12.5. The monoisotopic (exact) mass is 369 g/mol. The van der Waals surface area contributed by atoms with Crippen LogP contribution in [0, 0.1) is 23.0 Å². The molecule has 0 saturated carbocycles. The molecule has 8 heteroatoms. The summed E-state index contributed by atoms with van der Waals surface area (Å²) in [6, 6.07) is 11.6. The number of nitrogens with one attached hydrogen (secondary N) is 1. The van der Waals surface area contributed by atoms with E-state index in [-0.39, 0.29) is 30.5 Å². The van der Waals surface area contributed by atoms with E-state index in [1.165, 1.54) is 18.1 Å². The molecule has 0 bridgehead atoms. The Morgan fingerprint density at radius 2 is 2.07 bits per heavy atom. The quantitative estimate of drug-likeness (QED) is 0.645. The van der Waals surface area contributed by atoms with Crippen LogP contribution in [-0.2, 0) is 9.59 Å². The highest BCUT2D eigenvalue weighted by molar-refractivity contribution is 6.03. The minimum absolute atomic E-state index is 0.0513. The van der Waals surface area contributed by atoms with Crippen LogP contribution in [0.4, 0.5) is 17.1 Å². The van der Waals surface area contributed by atoms with E-state index in [0.29, 0.717) is 22.7 Å². The highest BCUT2D eigenvalue weighted by Crippen LogP contribution is 2.30. The number of carbonyl (C=O) groups is 2. The van der Waals surface area contributed by atoms with Gasteiger partial charge in [-0.05, 0) is 25.1 Å². The van der Waals surface area contributed by atoms with Crippen LogP contribution in [0.2, 0.25) is 0 Å². The lowest BCUT2D eigenvalue weighted by molar-refractivity contribution is -0.385. The molecule has 2 amide bonds. The first-order valence-corrected chi connectivity index (χ1v) is 8.39. The number of hydrogen-bond acceptors (Lipinski definition) is 5. The van der Waals surface area contributed by atoms with Crippen LogP contribution >= 0.6 is 0 Å². The van der Waals surface area contributed by atoms with Crippen LogP contribution in [0.1, 0.15) is 12.0 Å². The zero-order chi connectivity index (χ0) is 19.6. The Labute approximate surface area is 155 Å². The van der Waals surface area contributed by atoms with Gasteiger partial charge in [0.2, 0.25) is 11.8 Å². The first-order chi connectivity index (χ1) is 12.9. The summed E-state index contributed by atoms with van der Waals surface area (Å²) in [4.78, 5) is 37.0. The Kier molecular flexibility index (Phi) is 5.07. The van der Waals surface area contributed by atoms with E-state index < -0.39 is 10.8 Å². The maximum absolute atomic E-state index is 12.5. The van der Waals surface area contributed by atoms with E-state index >= 15 is 0 Å². The summed E-state index contributed by atoms with van der Waals surface area (Å²) >= 11 is 0. The van der Waals surface area contributed by atoms with Gasteiger partial charge in [0, 0.05) is 36.3 Å². The summed E-state index contributed by atoms with van der Waals surface area (Å²) in [5, 5.41) is 13.9. The van der Waals surface area contributed by atoms with Crippen LogP contribution in [0.5, 0.6) is 5.75 Å². The molecule has 1 fully saturated rings. The first kappa shape index (κ1) is 18.4. The molecule has 140 valence electrons. The highest BCUT2D eigenvalue weighted by atomic mass is 16.6. The SMILES string of the molecule is COc1cccc(NC(=O)[C@H]2CC(=O)N(c3ccc(C)c([N+](=O)[O-])c3)C2)c1. The smallest absolute Gasteiger partial charge is 0.274 e. The van der Waals surface area contributed by atoms with Gasteiger partial charge < -0.3 is 15.0 Å². The molecule has 1 heterocycles. The zero-order valence-corrected chi connectivity index (χ0v) is 15.0. The number of carbonyl (C=O) groups excluding carboxylic acids is 2. The van der Waals surface area contributed by atoms with Gasteiger partial charge in [0.1, 0.15) is 5.75 Å². The third kappa shape index (κ3) is 3.89. The predicted octanol–water partition coefficient (Wildman–Crippen LogP) is 2.90. The number of aryl methyl sites for hydroxylation is 1. The summed E-state index contributed by atoms with van der Waals surface area (Å²) in [6.45, 7) is 1.81. The summed E-state index contributed by atoms with van der Waals surface area (Å²) in [5.74, 6) is -0.437. The van der Waals surface area contributed by atoms with Crippen molar-refractivity contribution >= 4 is 28.9 Å². The van der Waals surface area contributed by atoms with Gasteiger partial charge >= 0.3 is 0 Å². The molecule has 0 unspecified atom stereocenters. The van der Waals surface area contributed by atoms with Crippen molar-refractivity contribution in [3.8, 4) is 5.75 Å². The van der Waals surface area contributed by atoms with Crippen molar-refractivity contribution in [2.75, 3.05) is 23.9 Å². The molecular weight excluding hydrogens is 350 g/mol. The fraction of sp³-hybridized carbons (Fsp3) is 0.263. The number of ether oxygens (including phenoxy) is 1. The van der Waals surface area contributed by atoms with E-state index in [2.05, 4.69) is 5.32 Å². The van der Waals surface area contributed by atoms with Crippen molar-refractivity contribution in [1.29, 1.82) is 0 Å².